The summed E-state index contributed by atoms with van der Waals surface area (Å²) in [5.74, 6) is -0.419. The highest BCUT2D eigenvalue weighted by molar-refractivity contribution is 6.31. The average molecular weight is 442 g/mol. The van der Waals surface area contributed by atoms with E-state index in [1.807, 2.05) is 42.2 Å². The van der Waals surface area contributed by atoms with Crippen molar-refractivity contribution >= 4 is 34.5 Å². The van der Waals surface area contributed by atoms with Gasteiger partial charge in [-0.15, -0.1) is 5.10 Å². The molecule has 0 radical (unpaired) electrons. The topological polar surface area (TPSA) is 80.6 Å². The second-order valence-electron chi connectivity index (χ2n) is 7.38. The third kappa shape index (κ3) is 4.13. The smallest absolute Gasteiger partial charge is 0.327 e. The van der Waals surface area contributed by atoms with Gasteiger partial charge in [0.15, 0.2) is 0 Å². The van der Waals surface area contributed by atoms with Crippen LogP contribution in [0.1, 0.15) is 28.9 Å². The first-order chi connectivity index (χ1) is 15.0. The van der Waals surface area contributed by atoms with Crippen molar-refractivity contribution in [1.82, 2.24) is 24.8 Å². The van der Waals surface area contributed by atoms with Crippen molar-refractivity contribution in [2.45, 2.75) is 19.5 Å². The zero-order valence-electron chi connectivity index (χ0n) is 17.5. The fraction of sp³-hybridized carbons (Fsp3) is 0.364. The van der Waals surface area contributed by atoms with Gasteiger partial charge in [-0.3, -0.25) is 9.69 Å². The molecule has 9 heteroatoms. The highest BCUT2D eigenvalue weighted by Gasteiger charge is 2.33. The van der Waals surface area contributed by atoms with Crippen LogP contribution in [0, 0.1) is 0 Å². The summed E-state index contributed by atoms with van der Waals surface area (Å²) < 4.78 is 6.83. The van der Waals surface area contributed by atoms with Crippen LogP contribution < -0.4 is 0 Å². The van der Waals surface area contributed by atoms with Gasteiger partial charge in [0.2, 0.25) is 0 Å². The van der Waals surface area contributed by atoms with Crippen molar-refractivity contribution in [3.05, 3.63) is 58.6 Å². The molecule has 1 amide bonds. The van der Waals surface area contributed by atoms with Crippen LogP contribution in [0.2, 0.25) is 5.02 Å². The summed E-state index contributed by atoms with van der Waals surface area (Å²) >= 11 is 6.35. The number of piperazine rings is 1. The molecule has 0 aliphatic carbocycles. The number of benzene rings is 2. The number of esters is 1. The maximum atomic E-state index is 13.1. The Kier molecular flexibility index (Phi) is 6.20. The summed E-state index contributed by atoms with van der Waals surface area (Å²) in [4.78, 5) is 29.4. The Morgan fingerprint density at radius 1 is 1.13 bits per heavy atom. The van der Waals surface area contributed by atoms with Crippen molar-refractivity contribution in [3.63, 3.8) is 0 Å². The lowest BCUT2D eigenvalue weighted by Crippen LogP contribution is -2.51. The molecule has 3 aromatic rings. The number of carbonyl (C=O) groups is 2. The van der Waals surface area contributed by atoms with Crippen LogP contribution in [-0.2, 0) is 16.1 Å². The molecule has 1 aliphatic rings. The van der Waals surface area contributed by atoms with Gasteiger partial charge in [-0.25, -0.2) is 9.48 Å². The number of hydrogen-bond donors (Lipinski definition) is 0. The highest BCUT2D eigenvalue weighted by Crippen LogP contribution is 2.29. The maximum Gasteiger partial charge on any atom is 0.327 e. The number of aromatic nitrogens is 3. The number of hydrogen-bond acceptors (Lipinski definition) is 6. The van der Waals surface area contributed by atoms with Gasteiger partial charge >= 0.3 is 5.97 Å². The van der Waals surface area contributed by atoms with Gasteiger partial charge in [0.25, 0.3) is 5.91 Å². The molecule has 4 rings (SSSR count). The van der Waals surface area contributed by atoms with Gasteiger partial charge < -0.3 is 9.64 Å². The van der Waals surface area contributed by atoms with Crippen molar-refractivity contribution in [3.8, 4) is 0 Å². The summed E-state index contributed by atoms with van der Waals surface area (Å²) in [6.45, 7) is 4.78. The van der Waals surface area contributed by atoms with Crippen LogP contribution in [0.4, 0.5) is 0 Å². The van der Waals surface area contributed by atoms with Crippen molar-refractivity contribution in [2.24, 2.45) is 0 Å². The van der Waals surface area contributed by atoms with E-state index in [1.165, 1.54) is 7.11 Å². The molecule has 2 aromatic carbocycles. The molecule has 1 fully saturated rings. The summed E-state index contributed by atoms with van der Waals surface area (Å²) in [6, 6.07) is 12.1. The summed E-state index contributed by atoms with van der Waals surface area (Å²) in [5.41, 5.74) is 2.90. The largest absolute Gasteiger partial charge is 0.468 e. The molecular formula is C22H24ClN5O3. The minimum Gasteiger partial charge on any atom is -0.468 e. The molecule has 162 valence electrons. The number of halogens is 1. The Bertz CT molecular complexity index is 1110. The Labute approximate surface area is 185 Å². The molecule has 0 N–H and O–H groups in total. The zero-order chi connectivity index (χ0) is 22.0. The molecule has 31 heavy (non-hydrogen) atoms. The minimum atomic E-state index is -0.601. The second-order valence-corrected chi connectivity index (χ2v) is 7.79. The van der Waals surface area contributed by atoms with E-state index in [0.29, 0.717) is 47.8 Å². The highest BCUT2D eigenvalue weighted by atomic mass is 35.5. The van der Waals surface area contributed by atoms with E-state index in [1.54, 1.807) is 21.7 Å². The summed E-state index contributed by atoms with van der Waals surface area (Å²) in [6.07, 6.45) is 0. The Morgan fingerprint density at radius 3 is 2.55 bits per heavy atom. The number of carbonyl (C=O) groups excluding carboxylic acids is 2. The van der Waals surface area contributed by atoms with E-state index in [2.05, 4.69) is 10.3 Å². The fourth-order valence-corrected chi connectivity index (χ4v) is 4.22. The molecule has 0 saturated carbocycles. The Hall–Kier alpha value is -2.97. The summed E-state index contributed by atoms with van der Waals surface area (Å²) in [7, 11) is 1.37. The van der Waals surface area contributed by atoms with E-state index in [0.717, 1.165) is 12.1 Å². The predicted molar refractivity (Wildman–Crippen MR) is 117 cm³/mol. The Balaban J connectivity index is 1.49. The lowest BCUT2D eigenvalue weighted by atomic mass is 10.0. The van der Waals surface area contributed by atoms with Crippen molar-refractivity contribution < 1.29 is 14.3 Å². The summed E-state index contributed by atoms with van der Waals surface area (Å²) in [5, 5.41) is 8.77. The van der Waals surface area contributed by atoms with Gasteiger partial charge in [0.1, 0.15) is 11.6 Å². The monoisotopic (exact) mass is 441 g/mol. The quantitative estimate of drug-likeness (QED) is 0.566. The van der Waals surface area contributed by atoms with Gasteiger partial charge in [-0.1, -0.05) is 35.0 Å². The molecule has 1 unspecified atom stereocenters. The maximum absolute atomic E-state index is 13.1. The lowest BCUT2D eigenvalue weighted by molar-refractivity contribution is -0.148. The SMILES string of the molecule is CCn1nnc2cc(C(=O)N3CCN(C(C(=O)OC)c4ccccc4Cl)CC3)ccc21. The number of methoxy groups -OCH3 is 1. The molecule has 0 spiro atoms. The number of aryl methyl sites for hydroxylation is 1. The minimum absolute atomic E-state index is 0.0556. The molecule has 2 heterocycles. The van der Waals surface area contributed by atoms with Crippen LogP contribution in [0.25, 0.3) is 11.0 Å². The first kappa shape index (κ1) is 21.3. The normalized spacial score (nSPS) is 15.8. The molecular weight excluding hydrogens is 418 g/mol. The number of ether oxygens (including phenoxy) is 1. The third-order valence-electron chi connectivity index (χ3n) is 5.65. The second kappa shape index (κ2) is 9.03. The van der Waals surface area contributed by atoms with Gasteiger partial charge in [-0.2, -0.15) is 0 Å². The molecule has 8 nitrogen and oxygen atoms in total. The molecule has 1 aromatic heterocycles. The van der Waals surface area contributed by atoms with E-state index >= 15 is 0 Å². The standard InChI is InChI=1S/C22H24ClN5O3/c1-3-28-19-9-8-15(14-18(19)24-25-28)21(29)27-12-10-26(11-13-27)20(22(30)31-2)16-6-4-5-7-17(16)23/h4-9,14,20H,3,10-13H2,1-2H3. The van der Waals surface area contributed by atoms with Crippen LogP contribution in [0.15, 0.2) is 42.5 Å². The van der Waals surface area contributed by atoms with Crippen molar-refractivity contribution in [2.75, 3.05) is 33.3 Å². The van der Waals surface area contributed by atoms with E-state index < -0.39 is 6.04 Å². The number of amides is 1. The first-order valence-corrected chi connectivity index (χ1v) is 10.6. The van der Waals surface area contributed by atoms with Crippen LogP contribution >= 0.6 is 11.6 Å². The van der Waals surface area contributed by atoms with Crippen LogP contribution in [0.3, 0.4) is 0 Å². The predicted octanol–water partition coefficient (Wildman–Crippen LogP) is 2.78. The molecule has 0 bridgehead atoms. The van der Waals surface area contributed by atoms with Crippen molar-refractivity contribution in [1.29, 1.82) is 0 Å². The third-order valence-corrected chi connectivity index (χ3v) is 6.00. The fourth-order valence-electron chi connectivity index (χ4n) is 3.99. The van der Waals surface area contributed by atoms with Crippen LogP contribution in [-0.4, -0.2) is 70.0 Å². The first-order valence-electron chi connectivity index (χ1n) is 10.2. The number of rotatable bonds is 5. The Morgan fingerprint density at radius 2 is 1.87 bits per heavy atom. The average Bonchev–Trinajstić information content (AvgIpc) is 3.22. The van der Waals surface area contributed by atoms with E-state index in [9.17, 15) is 9.59 Å². The lowest BCUT2D eigenvalue weighted by Gasteiger charge is -2.38. The van der Waals surface area contributed by atoms with E-state index in [4.69, 9.17) is 16.3 Å². The molecule has 1 aliphatic heterocycles. The van der Waals surface area contributed by atoms with E-state index in [-0.39, 0.29) is 11.9 Å². The van der Waals surface area contributed by atoms with Gasteiger partial charge in [0, 0.05) is 43.3 Å². The van der Waals surface area contributed by atoms with Crippen LogP contribution in [0.5, 0.6) is 0 Å². The number of fused-ring (bicyclic) bond motifs is 1. The molecule has 1 saturated heterocycles. The number of nitrogens with zero attached hydrogens (tertiary/aromatic N) is 5. The zero-order valence-corrected chi connectivity index (χ0v) is 18.2. The van der Waals surface area contributed by atoms with Gasteiger partial charge in [0.05, 0.1) is 12.6 Å². The van der Waals surface area contributed by atoms with Gasteiger partial charge in [-0.05, 0) is 36.8 Å². The molecule has 1 atom stereocenters.